The Morgan fingerprint density at radius 3 is 3.24 bits per heavy atom. The molecule has 1 saturated heterocycles. The molecule has 0 bridgehead atoms. The van der Waals surface area contributed by atoms with Gasteiger partial charge in [-0.05, 0) is 34.3 Å². The maximum Gasteiger partial charge on any atom is 0.191 e. The van der Waals surface area contributed by atoms with Crippen LogP contribution in [0.2, 0.25) is 0 Å². The summed E-state index contributed by atoms with van der Waals surface area (Å²) in [5, 5.41) is 2.04. The molecule has 1 aliphatic rings. The first-order valence-corrected chi connectivity index (χ1v) is 7.22. The van der Waals surface area contributed by atoms with Crippen molar-refractivity contribution in [3.63, 3.8) is 0 Å². The van der Waals surface area contributed by atoms with Crippen LogP contribution in [-0.4, -0.2) is 36.7 Å². The average Bonchev–Trinajstić information content (AvgIpc) is 2.72. The van der Waals surface area contributed by atoms with E-state index in [4.69, 9.17) is 10.5 Å². The molecule has 2 N–H and O–H groups in total. The summed E-state index contributed by atoms with van der Waals surface area (Å²) in [5.74, 6) is 0.612. The SMILES string of the molecule is CC1CN(C(N)=NCc2sccc2Br)CCO1. The first kappa shape index (κ1) is 12.9. The highest BCUT2D eigenvalue weighted by Crippen LogP contribution is 2.23. The predicted octanol–water partition coefficient (Wildman–Crippen LogP) is 2.05. The smallest absolute Gasteiger partial charge is 0.191 e. The molecule has 0 aliphatic carbocycles. The number of aliphatic imine (C=N–C) groups is 1. The third-order valence-corrected chi connectivity index (χ3v) is 4.55. The van der Waals surface area contributed by atoms with Crippen molar-refractivity contribution in [3.8, 4) is 0 Å². The number of hydrogen-bond donors (Lipinski definition) is 1. The largest absolute Gasteiger partial charge is 0.375 e. The molecule has 2 heterocycles. The molecule has 1 unspecified atom stereocenters. The van der Waals surface area contributed by atoms with E-state index in [-0.39, 0.29) is 6.10 Å². The topological polar surface area (TPSA) is 50.8 Å². The van der Waals surface area contributed by atoms with Gasteiger partial charge in [-0.3, -0.25) is 0 Å². The third-order valence-electron chi connectivity index (χ3n) is 2.64. The van der Waals surface area contributed by atoms with Crippen molar-refractivity contribution in [1.82, 2.24) is 4.90 Å². The van der Waals surface area contributed by atoms with Crippen LogP contribution in [0, 0.1) is 0 Å². The Morgan fingerprint density at radius 1 is 1.76 bits per heavy atom. The molecule has 4 nitrogen and oxygen atoms in total. The summed E-state index contributed by atoms with van der Waals surface area (Å²) in [6.07, 6.45) is 0.228. The summed E-state index contributed by atoms with van der Waals surface area (Å²) in [5.41, 5.74) is 5.99. The van der Waals surface area contributed by atoms with Crippen LogP contribution in [0.3, 0.4) is 0 Å². The standard InChI is InChI=1S/C11H16BrN3OS/c1-8-7-15(3-4-16-8)11(13)14-6-10-9(12)2-5-17-10/h2,5,8H,3-4,6-7H2,1H3,(H2,13,14). The minimum atomic E-state index is 0.228. The van der Waals surface area contributed by atoms with Crippen molar-refractivity contribution < 1.29 is 4.74 Å². The van der Waals surface area contributed by atoms with Crippen LogP contribution in [0.1, 0.15) is 11.8 Å². The first-order valence-electron chi connectivity index (χ1n) is 5.55. The van der Waals surface area contributed by atoms with Crippen molar-refractivity contribution in [2.75, 3.05) is 19.7 Å². The van der Waals surface area contributed by atoms with Gasteiger partial charge in [-0.2, -0.15) is 0 Å². The number of nitrogens with two attached hydrogens (primary N) is 1. The van der Waals surface area contributed by atoms with E-state index in [1.165, 1.54) is 4.88 Å². The molecule has 0 aromatic carbocycles. The summed E-state index contributed by atoms with van der Waals surface area (Å²) in [6, 6.07) is 2.03. The molecule has 0 amide bonds. The van der Waals surface area contributed by atoms with Gasteiger partial charge in [-0.15, -0.1) is 11.3 Å². The Labute approximate surface area is 114 Å². The van der Waals surface area contributed by atoms with Crippen LogP contribution in [0.15, 0.2) is 20.9 Å². The Kier molecular flexibility index (Phi) is 4.42. The number of morpholine rings is 1. The van der Waals surface area contributed by atoms with Crippen molar-refractivity contribution >= 4 is 33.2 Å². The van der Waals surface area contributed by atoms with Crippen LogP contribution in [0.25, 0.3) is 0 Å². The molecular weight excluding hydrogens is 302 g/mol. The molecule has 1 fully saturated rings. The van der Waals surface area contributed by atoms with Crippen molar-refractivity contribution in [2.24, 2.45) is 10.7 Å². The zero-order valence-electron chi connectivity index (χ0n) is 9.73. The number of rotatable bonds is 2. The summed E-state index contributed by atoms with van der Waals surface area (Å²) >= 11 is 5.17. The fourth-order valence-electron chi connectivity index (χ4n) is 1.72. The number of halogens is 1. The van der Waals surface area contributed by atoms with Gasteiger partial charge in [0.2, 0.25) is 0 Å². The molecule has 1 aromatic heterocycles. The minimum absolute atomic E-state index is 0.228. The lowest BCUT2D eigenvalue weighted by molar-refractivity contribution is 0.00529. The Bertz CT molecular complexity index is 407. The van der Waals surface area contributed by atoms with E-state index in [1.54, 1.807) is 11.3 Å². The van der Waals surface area contributed by atoms with Crippen LogP contribution in [0.5, 0.6) is 0 Å². The van der Waals surface area contributed by atoms with Crippen molar-refractivity contribution in [3.05, 3.63) is 20.8 Å². The Hall–Kier alpha value is -0.590. The van der Waals surface area contributed by atoms with Gasteiger partial charge in [-0.1, -0.05) is 0 Å². The number of thiophene rings is 1. The zero-order valence-corrected chi connectivity index (χ0v) is 12.1. The normalized spacial score (nSPS) is 21.9. The summed E-state index contributed by atoms with van der Waals surface area (Å²) in [7, 11) is 0. The van der Waals surface area contributed by atoms with E-state index in [2.05, 4.69) is 32.7 Å². The van der Waals surface area contributed by atoms with Gasteiger partial charge in [-0.25, -0.2) is 4.99 Å². The van der Waals surface area contributed by atoms with Gasteiger partial charge in [0, 0.05) is 22.4 Å². The van der Waals surface area contributed by atoms with Crippen LogP contribution >= 0.6 is 27.3 Å². The lowest BCUT2D eigenvalue weighted by atomic mass is 10.3. The highest BCUT2D eigenvalue weighted by molar-refractivity contribution is 9.10. The molecule has 94 valence electrons. The molecule has 1 atom stereocenters. The van der Waals surface area contributed by atoms with Crippen LogP contribution in [-0.2, 0) is 11.3 Å². The zero-order chi connectivity index (χ0) is 12.3. The fraction of sp³-hybridized carbons (Fsp3) is 0.545. The van der Waals surface area contributed by atoms with Gasteiger partial charge < -0.3 is 15.4 Å². The molecule has 0 spiro atoms. The lowest BCUT2D eigenvalue weighted by Gasteiger charge is -2.31. The van der Waals surface area contributed by atoms with E-state index in [0.717, 1.165) is 24.2 Å². The Morgan fingerprint density at radius 2 is 2.59 bits per heavy atom. The summed E-state index contributed by atoms with van der Waals surface area (Å²) < 4.78 is 6.58. The van der Waals surface area contributed by atoms with Crippen molar-refractivity contribution in [2.45, 2.75) is 19.6 Å². The highest BCUT2D eigenvalue weighted by Gasteiger charge is 2.17. The Balaban J connectivity index is 1.95. The molecule has 0 saturated carbocycles. The fourth-order valence-corrected chi connectivity index (χ4v) is 3.12. The second-order valence-corrected chi connectivity index (χ2v) is 5.85. The highest BCUT2D eigenvalue weighted by atomic mass is 79.9. The van der Waals surface area contributed by atoms with Gasteiger partial charge in [0.1, 0.15) is 0 Å². The lowest BCUT2D eigenvalue weighted by Crippen LogP contribution is -2.47. The second kappa shape index (κ2) is 5.84. The monoisotopic (exact) mass is 317 g/mol. The van der Waals surface area contributed by atoms with E-state index >= 15 is 0 Å². The quantitative estimate of drug-likeness (QED) is 0.671. The maximum atomic E-state index is 5.99. The van der Waals surface area contributed by atoms with E-state index in [1.807, 2.05) is 11.4 Å². The third kappa shape index (κ3) is 3.43. The second-order valence-electron chi connectivity index (χ2n) is 3.99. The summed E-state index contributed by atoms with van der Waals surface area (Å²) in [6.45, 7) is 5.05. The average molecular weight is 318 g/mol. The number of hydrogen-bond acceptors (Lipinski definition) is 3. The van der Waals surface area contributed by atoms with Gasteiger partial charge in [0.05, 0.1) is 19.3 Å². The van der Waals surface area contributed by atoms with Gasteiger partial charge in [0.25, 0.3) is 0 Å². The number of nitrogens with zero attached hydrogens (tertiary/aromatic N) is 2. The molecule has 2 rings (SSSR count). The van der Waals surface area contributed by atoms with Gasteiger partial charge in [0.15, 0.2) is 5.96 Å². The van der Waals surface area contributed by atoms with Crippen molar-refractivity contribution in [1.29, 1.82) is 0 Å². The molecule has 17 heavy (non-hydrogen) atoms. The van der Waals surface area contributed by atoms with Gasteiger partial charge >= 0.3 is 0 Å². The van der Waals surface area contributed by atoms with E-state index in [9.17, 15) is 0 Å². The molecular formula is C11H16BrN3OS. The molecule has 1 aromatic rings. The molecule has 6 heteroatoms. The maximum absolute atomic E-state index is 5.99. The first-order chi connectivity index (χ1) is 8.16. The molecule has 0 radical (unpaired) electrons. The molecule has 1 aliphatic heterocycles. The van der Waals surface area contributed by atoms with E-state index < -0.39 is 0 Å². The number of ether oxygens (including phenoxy) is 1. The summed E-state index contributed by atoms with van der Waals surface area (Å²) in [4.78, 5) is 7.71. The minimum Gasteiger partial charge on any atom is -0.375 e. The van der Waals surface area contributed by atoms with Crippen LogP contribution < -0.4 is 5.73 Å². The predicted molar refractivity (Wildman–Crippen MR) is 74.3 cm³/mol. The number of guanidine groups is 1. The van der Waals surface area contributed by atoms with Crippen LogP contribution in [0.4, 0.5) is 0 Å². The van der Waals surface area contributed by atoms with E-state index in [0.29, 0.717) is 12.5 Å².